The molecule has 0 saturated heterocycles. The average molecular weight is 280 g/mol. The van der Waals surface area contributed by atoms with E-state index in [2.05, 4.69) is 29.7 Å². The Labute approximate surface area is 122 Å². The minimum absolute atomic E-state index is 0.595. The van der Waals surface area contributed by atoms with Crippen molar-refractivity contribution >= 4 is 11.0 Å². The van der Waals surface area contributed by atoms with Crippen molar-refractivity contribution in [3.63, 3.8) is 0 Å². The Bertz CT molecular complexity index is 836. The van der Waals surface area contributed by atoms with Crippen LogP contribution in [0.15, 0.2) is 36.4 Å². The Hall–Kier alpha value is -2.49. The quantitative estimate of drug-likeness (QED) is 0.686. The van der Waals surface area contributed by atoms with Gasteiger partial charge in [-0.15, -0.1) is 0 Å². The van der Waals surface area contributed by atoms with Crippen molar-refractivity contribution in [3.05, 3.63) is 42.0 Å². The number of imidazole rings is 1. The Morgan fingerprint density at radius 1 is 1.00 bits per heavy atom. The summed E-state index contributed by atoms with van der Waals surface area (Å²) in [7, 11) is 2.04. The van der Waals surface area contributed by atoms with Crippen molar-refractivity contribution in [1.29, 1.82) is 0 Å². The monoisotopic (exact) mass is 280 g/mol. The Morgan fingerprint density at radius 2 is 1.81 bits per heavy atom. The topological polar surface area (TPSA) is 36.3 Å². The lowest BCUT2D eigenvalue weighted by molar-refractivity contribution is 0.171. The van der Waals surface area contributed by atoms with E-state index in [9.17, 15) is 0 Å². The molecule has 1 aromatic heterocycles. The predicted molar refractivity (Wildman–Crippen MR) is 81.9 cm³/mol. The fraction of sp³-hybridized carbons (Fsp3) is 0.235. The molecule has 0 bridgehead atoms. The maximum atomic E-state index is 5.66. The third-order valence-corrected chi connectivity index (χ3v) is 3.84. The van der Waals surface area contributed by atoms with Crippen LogP contribution in [0.25, 0.3) is 22.4 Å². The van der Waals surface area contributed by atoms with E-state index >= 15 is 0 Å². The summed E-state index contributed by atoms with van der Waals surface area (Å²) in [6.07, 6.45) is 0. The molecule has 3 aromatic rings. The van der Waals surface area contributed by atoms with Crippen molar-refractivity contribution in [2.75, 3.05) is 13.2 Å². The summed E-state index contributed by atoms with van der Waals surface area (Å²) in [6, 6.07) is 12.3. The summed E-state index contributed by atoms with van der Waals surface area (Å²) in [5.41, 5.74) is 4.40. The number of hydrogen-bond donors (Lipinski definition) is 0. The fourth-order valence-electron chi connectivity index (χ4n) is 2.75. The highest BCUT2D eigenvalue weighted by atomic mass is 16.6. The number of aryl methyl sites for hydroxylation is 2. The Morgan fingerprint density at radius 3 is 2.67 bits per heavy atom. The van der Waals surface area contributed by atoms with Gasteiger partial charge in [0.2, 0.25) is 0 Å². The number of nitrogens with zero attached hydrogens (tertiary/aromatic N) is 2. The SMILES string of the molecule is Cc1ccc2c(c1)nc(-c1ccc3c(c1)OCCO3)n2C. The van der Waals surface area contributed by atoms with Gasteiger partial charge in [-0.05, 0) is 42.8 Å². The van der Waals surface area contributed by atoms with E-state index in [-0.39, 0.29) is 0 Å². The molecule has 4 rings (SSSR count). The van der Waals surface area contributed by atoms with Crippen molar-refractivity contribution in [2.45, 2.75) is 6.92 Å². The van der Waals surface area contributed by atoms with E-state index < -0.39 is 0 Å². The largest absolute Gasteiger partial charge is 0.486 e. The van der Waals surface area contributed by atoms with Crippen LogP contribution in [0.3, 0.4) is 0 Å². The lowest BCUT2D eigenvalue weighted by Gasteiger charge is -2.18. The van der Waals surface area contributed by atoms with E-state index in [0.717, 1.165) is 33.9 Å². The summed E-state index contributed by atoms with van der Waals surface area (Å²) in [6.45, 7) is 3.29. The summed E-state index contributed by atoms with van der Waals surface area (Å²) in [4.78, 5) is 4.76. The molecule has 4 heteroatoms. The molecule has 21 heavy (non-hydrogen) atoms. The molecule has 4 nitrogen and oxygen atoms in total. The zero-order valence-corrected chi connectivity index (χ0v) is 12.1. The summed E-state index contributed by atoms with van der Waals surface area (Å²) >= 11 is 0. The Balaban J connectivity index is 1.88. The van der Waals surface area contributed by atoms with Gasteiger partial charge < -0.3 is 14.0 Å². The van der Waals surface area contributed by atoms with Crippen molar-refractivity contribution in [3.8, 4) is 22.9 Å². The molecule has 1 aliphatic heterocycles. The van der Waals surface area contributed by atoms with Crippen LogP contribution in [0, 0.1) is 6.92 Å². The first-order valence-corrected chi connectivity index (χ1v) is 7.05. The molecule has 1 aliphatic rings. The van der Waals surface area contributed by atoms with Crippen molar-refractivity contribution < 1.29 is 9.47 Å². The molecule has 0 radical (unpaired) electrons. The maximum Gasteiger partial charge on any atom is 0.162 e. The number of rotatable bonds is 1. The van der Waals surface area contributed by atoms with Gasteiger partial charge in [-0.3, -0.25) is 0 Å². The second-order valence-electron chi connectivity index (χ2n) is 5.35. The van der Waals surface area contributed by atoms with Crippen LogP contribution in [-0.2, 0) is 7.05 Å². The van der Waals surface area contributed by atoms with Crippen LogP contribution in [0.2, 0.25) is 0 Å². The molecule has 0 N–H and O–H groups in total. The van der Waals surface area contributed by atoms with Crippen LogP contribution in [-0.4, -0.2) is 22.8 Å². The number of ether oxygens (including phenoxy) is 2. The first-order valence-electron chi connectivity index (χ1n) is 7.05. The highest BCUT2D eigenvalue weighted by molar-refractivity contribution is 5.81. The third kappa shape index (κ3) is 1.95. The van der Waals surface area contributed by atoms with Crippen molar-refractivity contribution in [1.82, 2.24) is 9.55 Å². The molecular formula is C17H16N2O2. The molecule has 0 aliphatic carbocycles. The van der Waals surface area contributed by atoms with Crippen LogP contribution >= 0.6 is 0 Å². The molecular weight excluding hydrogens is 264 g/mol. The van der Waals surface area contributed by atoms with Crippen molar-refractivity contribution in [2.24, 2.45) is 7.05 Å². The van der Waals surface area contributed by atoms with Gasteiger partial charge in [-0.1, -0.05) is 6.07 Å². The minimum atomic E-state index is 0.595. The zero-order chi connectivity index (χ0) is 14.4. The van der Waals surface area contributed by atoms with Gasteiger partial charge in [0.15, 0.2) is 11.5 Å². The molecule has 2 heterocycles. The van der Waals surface area contributed by atoms with E-state index in [1.807, 2.05) is 25.2 Å². The summed E-state index contributed by atoms with van der Waals surface area (Å²) < 4.78 is 13.3. The maximum absolute atomic E-state index is 5.66. The lowest BCUT2D eigenvalue weighted by Crippen LogP contribution is -2.15. The van der Waals surface area contributed by atoms with E-state index in [4.69, 9.17) is 14.5 Å². The van der Waals surface area contributed by atoms with Gasteiger partial charge in [-0.2, -0.15) is 0 Å². The third-order valence-electron chi connectivity index (χ3n) is 3.84. The van der Waals surface area contributed by atoms with Gasteiger partial charge in [0.1, 0.15) is 19.0 Å². The molecule has 106 valence electrons. The molecule has 0 spiro atoms. The highest BCUT2D eigenvalue weighted by Crippen LogP contribution is 2.35. The standard InChI is InChI=1S/C17H16N2O2/c1-11-3-5-14-13(9-11)18-17(19(14)2)12-4-6-15-16(10-12)21-8-7-20-15/h3-6,9-10H,7-8H2,1-2H3. The van der Waals surface area contributed by atoms with E-state index in [1.54, 1.807) is 0 Å². The number of benzene rings is 2. The molecule has 0 saturated carbocycles. The van der Waals surface area contributed by atoms with Crippen LogP contribution < -0.4 is 9.47 Å². The summed E-state index contributed by atoms with van der Waals surface area (Å²) in [5, 5.41) is 0. The zero-order valence-electron chi connectivity index (χ0n) is 12.1. The van der Waals surface area contributed by atoms with Gasteiger partial charge >= 0.3 is 0 Å². The summed E-state index contributed by atoms with van der Waals surface area (Å²) in [5.74, 6) is 2.54. The molecule has 0 fully saturated rings. The van der Waals surface area contributed by atoms with Crippen LogP contribution in [0.1, 0.15) is 5.56 Å². The second kappa shape index (κ2) is 4.52. The molecule has 2 aromatic carbocycles. The van der Waals surface area contributed by atoms with Gasteiger partial charge in [0, 0.05) is 12.6 Å². The normalized spacial score (nSPS) is 13.6. The van der Waals surface area contributed by atoms with Gasteiger partial charge in [0.05, 0.1) is 11.0 Å². The smallest absolute Gasteiger partial charge is 0.162 e. The minimum Gasteiger partial charge on any atom is -0.486 e. The molecule has 0 atom stereocenters. The number of aromatic nitrogens is 2. The number of hydrogen-bond acceptors (Lipinski definition) is 3. The highest BCUT2D eigenvalue weighted by Gasteiger charge is 2.15. The molecule has 0 amide bonds. The van der Waals surface area contributed by atoms with Gasteiger partial charge in [-0.25, -0.2) is 4.98 Å². The van der Waals surface area contributed by atoms with Gasteiger partial charge in [0.25, 0.3) is 0 Å². The fourth-order valence-corrected chi connectivity index (χ4v) is 2.75. The second-order valence-corrected chi connectivity index (χ2v) is 5.35. The van der Waals surface area contributed by atoms with E-state index in [0.29, 0.717) is 13.2 Å². The predicted octanol–water partition coefficient (Wildman–Crippen LogP) is 3.32. The first kappa shape index (κ1) is 12.3. The van der Waals surface area contributed by atoms with Crippen LogP contribution in [0.4, 0.5) is 0 Å². The lowest BCUT2D eigenvalue weighted by atomic mass is 10.2. The Kier molecular flexibility index (Phi) is 2.64. The van der Waals surface area contributed by atoms with Crippen LogP contribution in [0.5, 0.6) is 11.5 Å². The van der Waals surface area contributed by atoms with E-state index in [1.165, 1.54) is 5.56 Å². The first-order chi connectivity index (χ1) is 10.2. The average Bonchev–Trinajstić information content (AvgIpc) is 2.83. The number of fused-ring (bicyclic) bond motifs is 2. The molecule has 0 unspecified atom stereocenters.